The predicted octanol–water partition coefficient (Wildman–Crippen LogP) is 6.49. The Balaban J connectivity index is 1.34. The van der Waals surface area contributed by atoms with E-state index in [0.29, 0.717) is 6.04 Å². The number of imidazole rings is 1. The summed E-state index contributed by atoms with van der Waals surface area (Å²) < 4.78 is 7.27. The lowest BCUT2D eigenvalue weighted by Crippen LogP contribution is -2.21. The first-order valence-electron chi connectivity index (χ1n) is 11.0. The summed E-state index contributed by atoms with van der Waals surface area (Å²) in [7, 11) is 0. The maximum atomic E-state index is 6.15. The zero-order valence-corrected chi connectivity index (χ0v) is 18.8. The number of hydrogen-bond donors (Lipinski definition) is 2. The lowest BCUT2D eigenvalue weighted by molar-refractivity contribution is 0.462. The fourth-order valence-electron chi connectivity index (χ4n) is 4.15. The van der Waals surface area contributed by atoms with Crippen molar-refractivity contribution in [2.24, 2.45) is 0 Å². The van der Waals surface area contributed by atoms with Gasteiger partial charge in [0.2, 0.25) is 0 Å². The molecule has 0 atom stereocenters. The highest BCUT2D eigenvalue weighted by Gasteiger charge is 2.15. The third-order valence-corrected chi connectivity index (χ3v) is 6.77. The number of anilines is 1. The summed E-state index contributed by atoms with van der Waals surface area (Å²) in [5.41, 5.74) is 3.93. The number of benzene rings is 1. The molecule has 1 aromatic carbocycles. The van der Waals surface area contributed by atoms with E-state index in [1.165, 1.54) is 32.1 Å². The van der Waals surface area contributed by atoms with Crippen molar-refractivity contribution in [1.82, 2.24) is 19.9 Å². The Labute approximate surface area is 186 Å². The van der Waals surface area contributed by atoms with Crippen LogP contribution in [0.5, 0.6) is 11.5 Å². The molecule has 7 heteroatoms. The lowest BCUT2D eigenvalue weighted by Gasteiger charge is -2.22. The Morgan fingerprint density at radius 2 is 1.94 bits per heavy atom. The SMILES string of the molecule is CCc1nc(-c2cc(Oc3ccc4nc(NC5CCCCC5)sc4c3)ccn2)[nH]c1C. The first-order chi connectivity index (χ1) is 15.2. The van der Waals surface area contributed by atoms with Crippen LogP contribution in [-0.4, -0.2) is 26.0 Å². The molecule has 3 heterocycles. The second-order valence-electron chi connectivity index (χ2n) is 8.12. The Morgan fingerprint density at radius 1 is 1.10 bits per heavy atom. The standard InChI is InChI=1S/C24H27N5OS/c1-3-19-15(2)26-23(28-19)21-13-18(11-12-25-21)30-17-9-10-20-22(14-17)31-24(29-20)27-16-7-5-4-6-8-16/h9-14,16H,3-8H2,1-2H3,(H,26,28)(H,27,29). The van der Waals surface area contributed by atoms with Gasteiger partial charge in [0.25, 0.3) is 0 Å². The Bertz CT molecular complexity index is 1190. The third-order valence-electron chi connectivity index (χ3n) is 5.82. The molecule has 1 fully saturated rings. The summed E-state index contributed by atoms with van der Waals surface area (Å²) in [6.07, 6.45) is 9.11. The Kier molecular flexibility index (Phi) is 5.59. The number of thiazole rings is 1. The number of aryl methyl sites for hydroxylation is 2. The van der Waals surface area contributed by atoms with E-state index < -0.39 is 0 Å². The number of H-pyrrole nitrogens is 1. The van der Waals surface area contributed by atoms with Crippen molar-refractivity contribution in [3.63, 3.8) is 0 Å². The summed E-state index contributed by atoms with van der Waals surface area (Å²) in [6, 6.07) is 10.4. The molecule has 1 aliphatic carbocycles. The van der Waals surface area contributed by atoms with Crippen molar-refractivity contribution in [1.29, 1.82) is 0 Å². The van der Waals surface area contributed by atoms with Crippen molar-refractivity contribution in [3.05, 3.63) is 47.9 Å². The number of nitrogens with one attached hydrogen (secondary N) is 2. The smallest absolute Gasteiger partial charge is 0.184 e. The highest BCUT2D eigenvalue weighted by molar-refractivity contribution is 7.22. The number of fused-ring (bicyclic) bond motifs is 1. The van der Waals surface area contributed by atoms with Crippen molar-refractivity contribution < 1.29 is 4.74 Å². The number of rotatable bonds is 6. The summed E-state index contributed by atoms with van der Waals surface area (Å²) in [5.74, 6) is 2.31. The van der Waals surface area contributed by atoms with Crippen LogP contribution < -0.4 is 10.1 Å². The van der Waals surface area contributed by atoms with Gasteiger partial charge in [-0.25, -0.2) is 9.97 Å². The molecule has 0 aliphatic heterocycles. The zero-order chi connectivity index (χ0) is 21.2. The third kappa shape index (κ3) is 4.42. The first-order valence-corrected chi connectivity index (χ1v) is 11.9. The number of hydrogen-bond acceptors (Lipinski definition) is 6. The van der Waals surface area contributed by atoms with Crippen LogP contribution in [-0.2, 0) is 6.42 Å². The van der Waals surface area contributed by atoms with E-state index in [9.17, 15) is 0 Å². The number of pyridine rings is 1. The number of aromatic nitrogens is 4. The summed E-state index contributed by atoms with van der Waals surface area (Å²) in [5, 5.41) is 4.63. The van der Waals surface area contributed by atoms with E-state index >= 15 is 0 Å². The van der Waals surface area contributed by atoms with Crippen LogP contribution in [0.4, 0.5) is 5.13 Å². The van der Waals surface area contributed by atoms with E-state index in [1.54, 1.807) is 17.5 Å². The molecule has 6 nitrogen and oxygen atoms in total. The van der Waals surface area contributed by atoms with E-state index in [2.05, 4.69) is 33.3 Å². The minimum Gasteiger partial charge on any atom is -0.457 e. The molecule has 0 radical (unpaired) electrons. The highest BCUT2D eigenvalue weighted by Crippen LogP contribution is 2.33. The quantitative estimate of drug-likeness (QED) is 0.363. The fraction of sp³-hybridized carbons (Fsp3) is 0.375. The normalized spacial score (nSPS) is 14.8. The molecule has 4 aromatic rings. The second kappa shape index (κ2) is 8.67. The fourth-order valence-corrected chi connectivity index (χ4v) is 5.13. The van der Waals surface area contributed by atoms with Gasteiger partial charge in [0.1, 0.15) is 17.2 Å². The molecule has 0 unspecified atom stereocenters. The predicted molar refractivity (Wildman–Crippen MR) is 126 cm³/mol. The van der Waals surface area contributed by atoms with Crippen molar-refractivity contribution in [2.45, 2.75) is 58.4 Å². The Morgan fingerprint density at radius 3 is 2.74 bits per heavy atom. The molecule has 1 aliphatic rings. The minimum atomic E-state index is 0.554. The van der Waals surface area contributed by atoms with Gasteiger partial charge in [-0.05, 0) is 44.4 Å². The molecule has 31 heavy (non-hydrogen) atoms. The van der Waals surface area contributed by atoms with Crippen molar-refractivity contribution in [2.75, 3.05) is 5.32 Å². The first kappa shape index (κ1) is 20.0. The Hall–Kier alpha value is -2.93. The molecule has 3 aromatic heterocycles. The second-order valence-corrected chi connectivity index (χ2v) is 9.15. The minimum absolute atomic E-state index is 0.554. The van der Waals surface area contributed by atoms with Gasteiger partial charge in [0, 0.05) is 30.1 Å². The average Bonchev–Trinajstić information content (AvgIpc) is 3.36. The van der Waals surface area contributed by atoms with Gasteiger partial charge in [-0.2, -0.15) is 0 Å². The zero-order valence-electron chi connectivity index (χ0n) is 17.9. The molecule has 0 bridgehead atoms. The van der Waals surface area contributed by atoms with Gasteiger partial charge < -0.3 is 15.0 Å². The van der Waals surface area contributed by atoms with Crippen LogP contribution in [0.2, 0.25) is 0 Å². The average molecular weight is 434 g/mol. The molecular formula is C24H27N5OS. The van der Waals surface area contributed by atoms with Crippen LogP contribution in [0.3, 0.4) is 0 Å². The van der Waals surface area contributed by atoms with Gasteiger partial charge in [-0.15, -0.1) is 0 Å². The van der Waals surface area contributed by atoms with Crippen LogP contribution in [0, 0.1) is 6.92 Å². The molecule has 1 saturated carbocycles. The number of aromatic amines is 1. The van der Waals surface area contributed by atoms with Crippen LogP contribution >= 0.6 is 11.3 Å². The topological polar surface area (TPSA) is 75.7 Å². The van der Waals surface area contributed by atoms with E-state index in [-0.39, 0.29) is 0 Å². The molecule has 0 saturated heterocycles. The van der Waals surface area contributed by atoms with Crippen LogP contribution in [0.1, 0.15) is 50.4 Å². The van der Waals surface area contributed by atoms with E-state index in [1.807, 2.05) is 31.2 Å². The van der Waals surface area contributed by atoms with Crippen molar-refractivity contribution >= 4 is 26.7 Å². The maximum Gasteiger partial charge on any atom is 0.184 e. The molecular weight excluding hydrogens is 406 g/mol. The van der Waals surface area contributed by atoms with Crippen LogP contribution in [0.15, 0.2) is 36.5 Å². The monoisotopic (exact) mass is 433 g/mol. The molecule has 0 amide bonds. The van der Waals surface area contributed by atoms with Crippen LogP contribution in [0.25, 0.3) is 21.7 Å². The molecule has 160 valence electrons. The lowest BCUT2D eigenvalue weighted by atomic mass is 9.96. The summed E-state index contributed by atoms with van der Waals surface area (Å²) in [6.45, 7) is 4.14. The largest absolute Gasteiger partial charge is 0.457 e. The van der Waals surface area contributed by atoms with Gasteiger partial charge in [0.15, 0.2) is 11.0 Å². The summed E-state index contributed by atoms with van der Waals surface area (Å²) >= 11 is 1.69. The van der Waals surface area contributed by atoms with Gasteiger partial charge in [-0.3, -0.25) is 4.98 Å². The molecule has 5 rings (SSSR count). The van der Waals surface area contributed by atoms with Crippen molar-refractivity contribution in [3.8, 4) is 23.0 Å². The summed E-state index contributed by atoms with van der Waals surface area (Å²) in [4.78, 5) is 17.2. The van der Waals surface area contributed by atoms with Gasteiger partial charge in [0.05, 0.1) is 15.9 Å². The number of nitrogens with zero attached hydrogens (tertiary/aromatic N) is 3. The van der Waals surface area contributed by atoms with E-state index in [0.717, 1.165) is 56.2 Å². The number of ether oxygens (including phenoxy) is 1. The van der Waals surface area contributed by atoms with Gasteiger partial charge in [-0.1, -0.05) is 37.5 Å². The van der Waals surface area contributed by atoms with E-state index in [4.69, 9.17) is 9.72 Å². The maximum absolute atomic E-state index is 6.15. The molecule has 2 N–H and O–H groups in total. The highest BCUT2D eigenvalue weighted by atomic mass is 32.1. The van der Waals surface area contributed by atoms with Gasteiger partial charge >= 0.3 is 0 Å². The molecule has 0 spiro atoms.